The first-order valence-electron chi connectivity index (χ1n) is 7.14. The first kappa shape index (κ1) is 16.4. The average molecular weight is 314 g/mol. The van der Waals surface area contributed by atoms with E-state index in [2.05, 4.69) is 6.92 Å². The standard InChI is InChI=1S/C15H22O5S/c1-12-3-5-14(6-4-12)21(16,17)20-10-9-19-15-7-8-18-11-13(15)2/h3-6,13,15H,7-11H2,1-2H3/t13-,15+/m1/s1. The predicted octanol–water partition coefficient (Wildman–Crippen LogP) is 2.14. The van der Waals surface area contributed by atoms with Gasteiger partial charge in [-0.05, 0) is 25.5 Å². The van der Waals surface area contributed by atoms with E-state index in [0.29, 0.717) is 19.1 Å². The highest BCUT2D eigenvalue weighted by Gasteiger charge is 2.22. The van der Waals surface area contributed by atoms with Crippen LogP contribution in [0.15, 0.2) is 29.2 Å². The molecule has 1 aliphatic rings. The number of benzene rings is 1. The molecule has 1 aliphatic heterocycles. The van der Waals surface area contributed by atoms with E-state index in [9.17, 15) is 8.42 Å². The van der Waals surface area contributed by atoms with Crippen molar-refractivity contribution in [2.45, 2.75) is 31.3 Å². The summed E-state index contributed by atoms with van der Waals surface area (Å²) in [6.07, 6.45) is 0.954. The van der Waals surface area contributed by atoms with Crippen molar-refractivity contribution in [2.75, 3.05) is 26.4 Å². The fraction of sp³-hybridized carbons (Fsp3) is 0.600. The first-order chi connectivity index (χ1) is 9.99. The third-order valence-corrected chi connectivity index (χ3v) is 4.85. The Bertz CT molecular complexity index is 538. The first-order valence-corrected chi connectivity index (χ1v) is 8.55. The molecule has 0 amide bonds. The zero-order valence-electron chi connectivity index (χ0n) is 12.4. The lowest BCUT2D eigenvalue weighted by molar-refractivity contribution is -0.0729. The van der Waals surface area contributed by atoms with Gasteiger partial charge in [0.15, 0.2) is 0 Å². The van der Waals surface area contributed by atoms with Crippen LogP contribution in [0.3, 0.4) is 0 Å². The molecule has 0 spiro atoms. The average Bonchev–Trinajstić information content (AvgIpc) is 2.46. The molecule has 2 atom stereocenters. The summed E-state index contributed by atoms with van der Waals surface area (Å²) >= 11 is 0. The quantitative estimate of drug-likeness (QED) is 0.595. The maximum absolute atomic E-state index is 12.0. The van der Waals surface area contributed by atoms with Gasteiger partial charge < -0.3 is 9.47 Å². The highest BCUT2D eigenvalue weighted by molar-refractivity contribution is 7.86. The second kappa shape index (κ2) is 7.35. The molecule has 0 bridgehead atoms. The number of rotatable bonds is 6. The summed E-state index contributed by atoms with van der Waals surface area (Å²) < 4.78 is 39.9. The van der Waals surface area contributed by atoms with Crippen molar-refractivity contribution in [1.82, 2.24) is 0 Å². The summed E-state index contributed by atoms with van der Waals surface area (Å²) in [7, 11) is -3.70. The summed E-state index contributed by atoms with van der Waals surface area (Å²) in [5, 5.41) is 0. The molecule has 21 heavy (non-hydrogen) atoms. The molecule has 0 N–H and O–H groups in total. The van der Waals surface area contributed by atoms with Crippen LogP contribution in [0.1, 0.15) is 18.9 Å². The van der Waals surface area contributed by atoms with Crippen LogP contribution in [0, 0.1) is 12.8 Å². The molecule has 6 heteroatoms. The molecule has 0 radical (unpaired) electrons. The normalized spacial score (nSPS) is 23.1. The van der Waals surface area contributed by atoms with Crippen LogP contribution < -0.4 is 0 Å². The molecule has 0 aliphatic carbocycles. The molecule has 0 unspecified atom stereocenters. The molecule has 1 aromatic rings. The Hall–Kier alpha value is -0.950. The predicted molar refractivity (Wildman–Crippen MR) is 78.7 cm³/mol. The summed E-state index contributed by atoms with van der Waals surface area (Å²) in [4.78, 5) is 0.174. The van der Waals surface area contributed by atoms with Gasteiger partial charge in [0.25, 0.3) is 10.1 Å². The summed E-state index contributed by atoms with van der Waals surface area (Å²) in [6, 6.07) is 6.59. The Balaban J connectivity index is 1.78. The molecular weight excluding hydrogens is 292 g/mol. The SMILES string of the molecule is Cc1ccc(S(=O)(=O)OCCO[C@H]2CCOC[C@H]2C)cc1. The van der Waals surface area contributed by atoms with Crippen LogP contribution >= 0.6 is 0 Å². The van der Waals surface area contributed by atoms with E-state index in [1.165, 1.54) is 0 Å². The van der Waals surface area contributed by atoms with Gasteiger partial charge in [-0.15, -0.1) is 0 Å². The fourth-order valence-corrected chi connectivity index (χ4v) is 3.12. The van der Waals surface area contributed by atoms with Gasteiger partial charge in [-0.3, -0.25) is 4.18 Å². The molecule has 2 rings (SSSR count). The third-order valence-electron chi connectivity index (χ3n) is 3.53. The lowest BCUT2D eigenvalue weighted by Gasteiger charge is -2.28. The highest BCUT2D eigenvalue weighted by Crippen LogP contribution is 2.18. The number of ether oxygens (including phenoxy) is 2. The zero-order chi connectivity index (χ0) is 15.3. The van der Waals surface area contributed by atoms with E-state index in [1.807, 2.05) is 6.92 Å². The maximum atomic E-state index is 12.0. The van der Waals surface area contributed by atoms with Crippen LogP contribution in [0.4, 0.5) is 0 Å². The summed E-state index contributed by atoms with van der Waals surface area (Å²) in [5.74, 6) is 0.326. The Kier molecular flexibility index (Phi) is 5.75. The van der Waals surface area contributed by atoms with Crippen LogP contribution in [-0.4, -0.2) is 40.9 Å². The van der Waals surface area contributed by atoms with Crippen molar-refractivity contribution in [2.24, 2.45) is 5.92 Å². The molecule has 118 valence electrons. The number of hydrogen-bond acceptors (Lipinski definition) is 5. The van der Waals surface area contributed by atoms with E-state index >= 15 is 0 Å². The lowest BCUT2D eigenvalue weighted by Crippen LogP contribution is -2.33. The minimum absolute atomic E-state index is 0.0281. The van der Waals surface area contributed by atoms with Gasteiger partial charge in [0, 0.05) is 12.5 Å². The lowest BCUT2D eigenvalue weighted by atomic mass is 10.0. The van der Waals surface area contributed by atoms with Gasteiger partial charge in [0.2, 0.25) is 0 Å². The van der Waals surface area contributed by atoms with Crippen LogP contribution in [0.2, 0.25) is 0 Å². The molecule has 1 fully saturated rings. The minimum atomic E-state index is -3.70. The summed E-state index contributed by atoms with van der Waals surface area (Å²) in [6.45, 7) is 5.64. The van der Waals surface area contributed by atoms with Crippen LogP contribution in [0.25, 0.3) is 0 Å². The monoisotopic (exact) mass is 314 g/mol. The van der Waals surface area contributed by atoms with Crippen molar-refractivity contribution in [1.29, 1.82) is 0 Å². The van der Waals surface area contributed by atoms with Gasteiger partial charge in [0.05, 0.1) is 30.8 Å². The van der Waals surface area contributed by atoms with Crippen molar-refractivity contribution in [3.05, 3.63) is 29.8 Å². The van der Waals surface area contributed by atoms with Gasteiger partial charge in [0.1, 0.15) is 0 Å². The van der Waals surface area contributed by atoms with Crippen molar-refractivity contribution >= 4 is 10.1 Å². The Morgan fingerprint density at radius 2 is 1.95 bits per heavy atom. The largest absolute Gasteiger partial charge is 0.381 e. The van der Waals surface area contributed by atoms with E-state index < -0.39 is 10.1 Å². The van der Waals surface area contributed by atoms with E-state index in [-0.39, 0.29) is 24.2 Å². The van der Waals surface area contributed by atoms with Gasteiger partial charge in [-0.2, -0.15) is 8.42 Å². The van der Waals surface area contributed by atoms with Crippen molar-refractivity contribution in [3.8, 4) is 0 Å². The fourth-order valence-electron chi connectivity index (χ4n) is 2.22. The van der Waals surface area contributed by atoms with Crippen molar-refractivity contribution < 1.29 is 22.1 Å². The van der Waals surface area contributed by atoms with E-state index in [1.54, 1.807) is 24.3 Å². The Morgan fingerprint density at radius 3 is 2.62 bits per heavy atom. The molecule has 1 saturated heterocycles. The second-order valence-electron chi connectivity index (χ2n) is 5.34. The topological polar surface area (TPSA) is 61.8 Å². The van der Waals surface area contributed by atoms with Crippen LogP contribution in [-0.2, 0) is 23.8 Å². The van der Waals surface area contributed by atoms with E-state index in [4.69, 9.17) is 13.7 Å². The number of aryl methyl sites for hydroxylation is 1. The molecule has 1 aromatic carbocycles. The van der Waals surface area contributed by atoms with Gasteiger partial charge >= 0.3 is 0 Å². The van der Waals surface area contributed by atoms with Gasteiger partial charge in [-0.1, -0.05) is 24.6 Å². The third kappa shape index (κ3) is 4.78. The summed E-state index contributed by atoms with van der Waals surface area (Å²) in [5.41, 5.74) is 1.01. The highest BCUT2D eigenvalue weighted by atomic mass is 32.2. The minimum Gasteiger partial charge on any atom is -0.381 e. The Labute approximate surface area is 126 Å². The number of hydrogen-bond donors (Lipinski definition) is 0. The van der Waals surface area contributed by atoms with Crippen molar-refractivity contribution in [3.63, 3.8) is 0 Å². The smallest absolute Gasteiger partial charge is 0.297 e. The molecule has 5 nitrogen and oxygen atoms in total. The zero-order valence-corrected chi connectivity index (χ0v) is 13.3. The Morgan fingerprint density at radius 1 is 1.24 bits per heavy atom. The second-order valence-corrected chi connectivity index (χ2v) is 6.95. The van der Waals surface area contributed by atoms with E-state index in [0.717, 1.165) is 12.0 Å². The van der Waals surface area contributed by atoms with Crippen LogP contribution in [0.5, 0.6) is 0 Å². The molecule has 1 heterocycles. The molecular formula is C15H22O5S. The molecule has 0 aromatic heterocycles. The molecule has 0 saturated carbocycles. The van der Waals surface area contributed by atoms with Gasteiger partial charge in [-0.25, -0.2) is 0 Å². The maximum Gasteiger partial charge on any atom is 0.297 e.